The number of hydrogen-bond acceptors (Lipinski definition) is 3. The van der Waals surface area contributed by atoms with Crippen LogP contribution in [0.4, 0.5) is 18.0 Å². The van der Waals surface area contributed by atoms with Gasteiger partial charge in [-0.3, -0.25) is 0 Å². The first-order valence-electron chi connectivity index (χ1n) is 7.18. The molecule has 0 radical (unpaired) electrons. The number of halogens is 3. The lowest BCUT2D eigenvalue weighted by molar-refractivity contribution is -0.173. The lowest BCUT2D eigenvalue weighted by Gasteiger charge is -2.12. The van der Waals surface area contributed by atoms with Crippen LogP contribution in [0.3, 0.4) is 0 Å². The number of aromatic nitrogens is 2. The average Bonchev–Trinajstić information content (AvgIpc) is 3.06. The SMILES string of the molecule is O=C(NCCOCC(F)(F)F)NCc1ccccc1-n1ccnc1. The number of amides is 2. The number of nitrogens with zero attached hydrogens (tertiary/aromatic N) is 2. The summed E-state index contributed by atoms with van der Waals surface area (Å²) in [5.74, 6) is 0. The number of alkyl halides is 3. The van der Waals surface area contributed by atoms with E-state index in [2.05, 4.69) is 20.4 Å². The second-order valence-corrected chi connectivity index (χ2v) is 4.88. The number of para-hydroxylation sites is 1. The predicted octanol–water partition coefficient (Wildman–Crippen LogP) is 2.25. The Kier molecular flexibility index (Phi) is 6.19. The quantitative estimate of drug-likeness (QED) is 0.759. The first-order valence-corrected chi connectivity index (χ1v) is 7.18. The van der Waals surface area contributed by atoms with Crippen molar-refractivity contribution in [2.24, 2.45) is 0 Å². The standard InChI is InChI=1S/C15H17F3N4O2/c16-15(17,18)10-24-8-6-20-14(23)21-9-12-3-1-2-4-13(12)22-7-5-19-11-22/h1-5,7,11H,6,8-10H2,(H2,20,21,23). The highest BCUT2D eigenvalue weighted by atomic mass is 19.4. The lowest BCUT2D eigenvalue weighted by Crippen LogP contribution is -2.37. The van der Waals surface area contributed by atoms with Crippen molar-refractivity contribution >= 4 is 6.03 Å². The van der Waals surface area contributed by atoms with E-state index in [4.69, 9.17) is 0 Å². The topological polar surface area (TPSA) is 68.2 Å². The molecule has 0 aliphatic rings. The Balaban J connectivity index is 1.75. The number of rotatable bonds is 7. The number of benzene rings is 1. The van der Waals surface area contributed by atoms with Crippen LogP contribution in [-0.4, -0.2) is 41.5 Å². The highest BCUT2D eigenvalue weighted by Crippen LogP contribution is 2.14. The Hall–Kier alpha value is -2.55. The van der Waals surface area contributed by atoms with Crippen molar-refractivity contribution in [1.29, 1.82) is 0 Å². The number of carbonyl (C=O) groups excluding carboxylic acids is 1. The van der Waals surface area contributed by atoms with Gasteiger partial charge in [-0.05, 0) is 11.6 Å². The zero-order valence-corrected chi connectivity index (χ0v) is 12.7. The molecule has 0 fully saturated rings. The van der Waals surface area contributed by atoms with Gasteiger partial charge in [0.25, 0.3) is 0 Å². The zero-order chi connectivity index (χ0) is 17.4. The van der Waals surface area contributed by atoms with Crippen LogP contribution in [0.2, 0.25) is 0 Å². The van der Waals surface area contributed by atoms with Gasteiger partial charge in [-0.2, -0.15) is 13.2 Å². The molecule has 130 valence electrons. The molecule has 2 amide bonds. The molecule has 2 aromatic rings. The summed E-state index contributed by atoms with van der Waals surface area (Å²) in [4.78, 5) is 15.6. The molecule has 0 aliphatic carbocycles. The van der Waals surface area contributed by atoms with E-state index in [0.29, 0.717) is 0 Å². The van der Waals surface area contributed by atoms with Gasteiger partial charge in [0, 0.05) is 25.5 Å². The van der Waals surface area contributed by atoms with Gasteiger partial charge >= 0.3 is 12.2 Å². The van der Waals surface area contributed by atoms with Crippen LogP contribution in [0, 0.1) is 0 Å². The van der Waals surface area contributed by atoms with Crippen molar-refractivity contribution in [1.82, 2.24) is 20.2 Å². The van der Waals surface area contributed by atoms with Gasteiger partial charge in [0.15, 0.2) is 0 Å². The van der Waals surface area contributed by atoms with E-state index in [1.165, 1.54) is 0 Å². The number of hydrogen-bond donors (Lipinski definition) is 2. The molecule has 2 rings (SSSR count). The molecule has 1 aromatic carbocycles. The molecule has 0 saturated carbocycles. The van der Waals surface area contributed by atoms with Gasteiger partial charge in [-0.1, -0.05) is 18.2 Å². The normalized spacial score (nSPS) is 11.3. The Morgan fingerprint density at radius 2 is 2.04 bits per heavy atom. The molecular formula is C15H17F3N4O2. The second kappa shape index (κ2) is 8.34. The molecule has 24 heavy (non-hydrogen) atoms. The van der Waals surface area contributed by atoms with Crippen LogP contribution in [0.1, 0.15) is 5.56 Å². The molecule has 0 aliphatic heterocycles. The highest BCUT2D eigenvalue weighted by molar-refractivity contribution is 5.73. The molecule has 1 aromatic heterocycles. The monoisotopic (exact) mass is 342 g/mol. The van der Waals surface area contributed by atoms with Crippen molar-refractivity contribution in [2.45, 2.75) is 12.7 Å². The molecule has 0 bridgehead atoms. The highest BCUT2D eigenvalue weighted by Gasteiger charge is 2.27. The van der Waals surface area contributed by atoms with E-state index >= 15 is 0 Å². The fraction of sp³-hybridized carbons (Fsp3) is 0.333. The first-order chi connectivity index (χ1) is 11.5. The molecule has 9 heteroatoms. The molecule has 0 unspecified atom stereocenters. The maximum Gasteiger partial charge on any atom is 0.411 e. The van der Waals surface area contributed by atoms with Crippen molar-refractivity contribution in [2.75, 3.05) is 19.8 Å². The molecule has 0 atom stereocenters. The summed E-state index contributed by atoms with van der Waals surface area (Å²) in [6.07, 6.45) is 0.727. The largest absolute Gasteiger partial charge is 0.411 e. The van der Waals surface area contributed by atoms with Gasteiger partial charge < -0.3 is 19.9 Å². The summed E-state index contributed by atoms with van der Waals surface area (Å²) in [6, 6.07) is 6.99. The maximum atomic E-state index is 11.9. The molecule has 0 saturated heterocycles. The minimum atomic E-state index is -4.36. The summed E-state index contributed by atoms with van der Waals surface area (Å²) in [7, 11) is 0. The second-order valence-electron chi connectivity index (χ2n) is 4.88. The number of carbonyl (C=O) groups is 1. The minimum Gasteiger partial charge on any atom is -0.370 e. The van der Waals surface area contributed by atoms with Crippen LogP contribution >= 0.6 is 0 Å². The molecule has 0 spiro atoms. The van der Waals surface area contributed by atoms with Gasteiger partial charge in [0.1, 0.15) is 6.61 Å². The van der Waals surface area contributed by atoms with Crippen LogP contribution in [-0.2, 0) is 11.3 Å². The fourth-order valence-electron chi connectivity index (χ4n) is 1.98. The van der Waals surface area contributed by atoms with Crippen molar-refractivity contribution in [3.05, 3.63) is 48.5 Å². The van der Waals surface area contributed by atoms with Gasteiger partial charge in [0.2, 0.25) is 0 Å². The van der Waals surface area contributed by atoms with E-state index in [1.807, 2.05) is 28.8 Å². The number of ether oxygens (including phenoxy) is 1. The third-order valence-corrected chi connectivity index (χ3v) is 3.01. The Bertz CT molecular complexity index is 644. The van der Waals surface area contributed by atoms with Gasteiger partial charge in [-0.25, -0.2) is 9.78 Å². The summed E-state index contributed by atoms with van der Waals surface area (Å²) in [5, 5.41) is 5.08. The Morgan fingerprint density at radius 3 is 2.75 bits per heavy atom. The summed E-state index contributed by atoms with van der Waals surface area (Å²) < 4.78 is 41.8. The van der Waals surface area contributed by atoms with E-state index in [0.717, 1.165) is 11.3 Å². The van der Waals surface area contributed by atoms with Crippen LogP contribution in [0.5, 0.6) is 0 Å². The lowest BCUT2D eigenvalue weighted by atomic mass is 10.1. The van der Waals surface area contributed by atoms with E-state index in [9.17, 15) is 18.0 Å². The third kappa shape index (κ3) is 5.92. The molecule has 2 N–H and O–H groups in total. The first kappa shape index (κ1) is 17.8. The van der Waals surface area contributed by atoms with Crippen LogP contribution in [0.25, 0.3) is 5.69 Å². The van der Waals surface area contributed by atoms with E-state index in [-0.39, 0.29) is 19.7 Å². The van der Waals surface area contributed by atoms with Crippen molar-refractivity contribution < 1.29 is 22.7 Å². The van der Waals surface area contributed by atoms with Gasteiger partial charge in [-0.15, -0.1) is 0 Å². The maximum absolute atomic E-state index is 11.9. The summed E-state index contributed by atoms with van der Waals surface area (Å²) >= 11 is 0. The van der Waals surface area contributed by atoms with Crippen LogP contribution in [0.15, 0.2) is 43.0 Å². The number of imidazole rings is 1. The number of urea groups is 1. The fourth-order valence-corrected chi connectivity index (χ4v) is 1.98. The third-order valence-electron chi connectivity index (χ3n) is 3.01. The smallest absolute Gasteiger partial charge is 0.370 e. The molecule has 1 heterocycles. The van der Waals surface area contributed by atoms with Crippen molar-refractivity contribution in [3.63, 3.8) is 0 Å². The minimum absolute atomic E-state index is 0.00885. The summed E-state index contributed by atoms with van der Waals surface area (Å²) in [6.45, 7) is -1.28. The average molecular weight is 342 g/mol. The Labute approximate surface area is 136 Å². The van der Waals surface area contributed by atoms with E-state index < -0.39 is 18.8 Å². The van der Waals surface area contributed by atoms with E-state index in [1.54, 1.807) is 18.7 Å². The van der Waals surface area contributed by atoms with Crippen molar-refractivity contribution in [3.8, 4) is 5.69 Å². The van der Waals surface area contributed by atoms with Crippen LogP contribution < -0.4 is 10.6 Å². The molecule has 6 nitrogen and oxygen atoms in total. The molecular weight excluding hydrogens is 325 g/mol. The zero-order valence-electron chi connectivity index (χ0n) is 12.7. The summed E-state index contributed by atoms with van der Waals surface area (Å²) in [5.41, 5.74) is 1.75. The predicted molar refractivity (Wildman–Crippen MR) is 80.7 cm³/mol. The Morgan fingerprint density at radius 1 is 1.25 bits per heavy atom. The number of nitrogens with one attached hydrogen (secondary N) is 2. The van der Waals surface area contributed by atoms with Gasteiger partial charge in [0.05, 0.1) is 18.6 Å².